The molecule has 174 valence electrons. The van der Waals surface area contributed by atoms with Gasteiger partial charge < -0.3 is 14.5 Å². The third-order valence-corrected chi connectivity index (χ3v) is 7.65. The number of aromatic nitrogens is 3. The second-order valence-electron chi connectivity index (χ2n) is 10.1. The Hall–Kier alpha value is -3.86. The highest BCUT2D eigenvalue weighted by atomic mass is 16.2. The van der Waals surface area contributed by atoms with E-state index in [1.807, 2.05) is 6.20 Å². The largest absolute Gasteiger partial charge is 0.361 e. The molecule has 0 unspecified atom stereocenters. The predicted molar refractivity (Wildman–Crippen MR) is 140 cm³/mol. The number of rotatable bonds is 5. The fourth-order valence-corrected chi connectivity index (χ4v) is 5.55. The molecule has 1 atom stereocenters. The van der Waals surface area contributed by atoms with E-state index in [0.29, 0.717) is 17.7 Å². The number of amides is 1. The summed E-state index contributed by atoms with van der Waals surface area (Å²) < 4.78 is 2.37. The summed E-state index contributed by atoms with van der Waals surface area (Å²) in [6.45, 7) is 2.64. The molecule has 1 aliphatic heterocycles. The number of aromatic amines is 1. The smallest absolute Gasteiger partial charge is 0.225 e. The monoisotopic (exact) mass is 460 g/mol. The lowest BCUT2D eigenvalue weighted by atomic mass is 10.0. The highest BCUT2D eigenvalue weighted by Gasteiger charge is 2.36. The van der Waals surface area contributed by atoms with Crippen LogP contribution < -0.4 is 0 Å². The van der Waals surface area contributed by atoms with Crippen LogP contribution in [0.25, 0.3) is 44.5 Å². The number of hydrogen-bond donors (Lipinski definition) is 1. The Labute approximate surface area is 204 Å². The molecule has 1 saturated heterocycles. The normalized spacial score (nSPS) is 18.1. The summed E-state index contributed by atoms with van der Waals surface area (Å²) in [5, 5.41) is 1.23. The molecule has 0 bridgehead atoms. The number of hydrogen-bond acceptors (Lipinski definition) is 2. The second-order valence-corrected chi connectivity index (χ2v) is 10.1. The van der Waals surface area contributed by atoms with Crippen molar-refractivity contribution >= 4 is 27.8 Å². The number of para-hydroxylation sites is 2. The number of imidazole rings is 1. The van der Waals surface area contributed by atoms with Gasteiger partial charge in [0.15, 0.2) is 0 Å². The number of benzene rings is 3. The molecule has 0 radical (unpaired) electrons. The summed E-state index contributed by atoms with van der Waals surface area (Å²) in [6, 6.07) is 25.8. The van der Waals surface area contributed by atoms with Gasteiger partial charge in [-0.1, -0.05) is 48.5 Å². The van der Waals surface area contributed by atoms with Gasteiger partial charge in [0.05, 0.1) is 11.0 Å². The molecule has 1 N–H and O–H groups in total. The molecular weight excluding hydrogens is 432 g/mol. The summed E-state index contributed by atoms with van der Waals surface area (Å²) in [7, 11) is 0. The molecule has 35 heavy (non-hydrogen) atoms. The number of nitrogens with one attached hydrogen (secondary N) is 1. The summed E-state index contributed by atoms with van der Waals surface area (Å²) >= 11 is 0. The number of carbonyl (C=O) groups is 1. The quantitative estimate of drug-likeness (QED) is 0.344. The van der Waals surface area contributed by atoms with Crippen molar-refractivity contribution in [2.75, 3.05) is 13.1 Å². The van der Waals surface area contributed by atoms with Crippen LogP contribution in [0.5, 0.6) is 0 Å². The molecule has 0 spiro atoms. The Balaban J connectivity index is 1.19. The van der Waals surface area contributed by atoms with Crippen molar-refractivity contribution in [1.29, 1.82) is 0 Å². The molecule has 1 amide bonds. The zero-order valence-corrected chi connectivity index (χ0v) is 19.7. The first-order valence-electron chi connectivity index (χ1n) is 12.6. The lowest BCUT2D eigenvalue weighted by molar-refractivity contribution is -0.131. The van der Waals surface area contributed by atoms with E-state index in [1.165, 1.54) is 16.5 Å². The molecule has 3 aromatic carbocycles. The molecule has 5 nitrogen and oxygen atoms in total. The van der Waals surface area contributed by atoms with Gasteiger partial charge in [0.1, 0.15) is 5.82 Å². The fourth-order valence-electron chi connectivity index (χ4n) is 5.55. The maximum atomic E-state index is 12.6. The van der Waals surface area contributed by atoms with Gasteiger partial charge in [-0.15, -0.1) is 0 Å². The first-order chi connectivity index (χ1) is 17.2. The summed E-state index contributed by atoms with van der Waals surface area (Å²) in [4.78, 5) is 23.0. The number of fused-ring (bicyclic) bond motifs is 2. The van der Waals surface area contributed by atoms with Gasteiger partial charge in [-0.05, 0) is 66.0 Å². The second kappa shape index (κ2) is 8.12. The summed E-state index contributed by atoms with van der Waals surface area (Å²) in [6.07, 6.45) is 5.19. The molecule has 1 saturated carbocycles. The minimum absolute atomic E-state index is 0.301. The lowest BCUT2D eigenvalue weighted by Gasteiger charge is -2.18. The van der Waals surface area contributed by atoms with Gasteiger partial charge in [0.25, 0.3) is 0 Å². The van der Waals surface area contributed by atoms with E-state index in [1.54, 1.807) is 0 Å². The van der Waals surface area contributed by atoms with E-state index in [0.717, 1.165) is 66.8 Å². The maximum absolute atomic E-state index is 12.6. The Morgan fingerprint density at radius 3 is 2.57 bits per heavy atom. The van der Waals surface area contributed by atoms with E-state index in [9.17, 15) is 4.79 Å². The van der Waals surface area contributed by atoms with Gasteiger partial charge in [-0.3, -0.25) is 4.79 Å². The van der Waals surface area contributed by atoms with Crippen LogP contribution in [-0.2, 0) is 11.3 Å². The highest BCUT2D eigenvalue weighted by Crippen LogP contribution is 2.34. The molecule has 2 aliphatic rings. The van der Waals surface area contributed by atoms with Crippen LogP contribution >= 0.6 is 0 Å². The van der Waals surface area contributed by atoms with Crippen LogP contribution in [0, 0.1) is 11.8 Å². The van der Waals surface area contributed by atoms with Gasteiger partial charge in [0.2, 0.25) is 5.91 Å². The van der Waals surface area contributed by atoms with Crippen LogP contribution in [0.4, 0.5) is 0 Å². The average Bonchev–Trinajstić information content (AvgIpc) is 3.30. The van der Waals surface area contributed by atoms with E-state index >= 15 is 0 Å². The first-order valence-corrected chi connectivity index (χ1v) is 12.6. The number of likely N-dealkylation sites (tertiary alicyclic amines) is 1. The van der Waals surface area contributed by atoms with Gasteiger partial charge >= 0.3 is 0 Å². The van der Waals surface area contributed by atoms with Crippen LogP contribution in [0.2, 0.25) is 0 Å². The first kappa shape index (κ1) is 20.5. The van der Waals surface area contributed by atoms with E-state index in [2.05, 4.69) is 87.2 Å². The van der Waals surface area contributed by atoms with Crippen LogP contribution in [0.15, 0.2) is 79.0 Å². The minimum Gasteiger partial charge on any atom is -0.361 e. The molecule has 5 aromatic rings. The average molecular weight is 461 g/mol. The van der Waals surface area contributed by atoms with Gasteiger partial charge in [0, 0.05) is 42.8 Å². The van der Waals surface area contributed by atoms with Crippen molar-refractivity contribution in [2.24, 2.45) is 11.8 Å². The summed E-state index contributed by atoms with van der Waals surface area (Å²) in [5.74, 6) is 2.14. The molecule has 7 rings (SSSR count). The van der Waals surface area contributed by atoms with Crippen molar-refractivity contribution in [2.45, 2.75) is 25.8 Å². The van der Waals surface area contributed by atoms with Crippen molar-refractivity contribution in [1.82, 2.24) is 19.4 Å². The molecule has 5 heteroatoms. The third-order valence-electron chi connectivity index (χ3n) is 7.65. The van der Waals surface area contributed by atoms with E-state index < -0.39 is 0 Å². The van der Waals surface area contributed by atoms with E-state index in [4.69, 9.17) is 4.98 Å². The highest BCUT2D eigenvalue weighted by molar-refractivity contribution is 5.86. The van der Waals surface area contributed by atoms with Crippen LogP contribution in [-0.4, -0.2) is 38.4 Å². The van der Waals surface area contributed by atoms with Crippen LogP contribution in [0.3, 0.4) is 0 Å². The third kappa shape index (κ3) is 3.72. The predicted octanol–water partition coefficient (Wildman–Crippen LogP) is 6.11. The number of nitrogens with zero attached hydrogens (tertiary/aromatic N) is 3. The van der Waals surface area contributed by atoms with Gasteiger partial charge in [-0.2, -0.15) is 0 Å². The molecule has 3 heterocycles. The minimum atomic E-state index is 0.301. The fraction of sp³-hybridized carbons (Fsp3) is 0.267. The standard InChI is InChI=1S/C30H28N4O/c35-30(24-10-11-24)33-16-14-20(18-33)19-34-28-4-2-1-3-26(28)32-29(34)23-8-5-21(6-9-23)25-12-7-22-13-15-31-27(22)17-25/h1-9,12-13,15,17,20,24,31H,10-11,14,16,18-19H2/t20-/m0/s1. The lowest BCUT2D eigenvalue weighted by Crippen LogP contribution is -2.30. The Bertz CT molecular complexity index is 1540. The zero-order chi connectivity index (χ0) is 23.4. The topological polar surface area (TPSA) is 53.9 Å². The number of carbonyl (C=O) groups excluding carboxylic acids is 1. The van der Waals surface area contributed by atoms with Crippen LogP contribution in [0.1, 0.15) is 19.3 Å². The Morgan fingerprint density at radius 2 is 1.71 bits per heavy atom. The summed E-state index contributed by atoms with van der Waals surface area (Å²) in [5.41, 5.74) is 6.85. The molecule has 2 aromatic heterocycles. The SMILES string of the molecule is O=C(C1CC1)N1CC[C@H](Cn2c(-c3ccc(-c4ccc5cc[nH]c5c4)cc3)nc3ccccc32)C1. The number of H-pyrrole nitrogens is 1. The Morgan fingerprint density at radius 1 is 0.914 bits per heavy atom. The maximum Gasteiger partial charge on any atom is 0.225 e. The van der Waals surface area contributed by atoms with Crippen molar-refractivity contribution in [3.8, 4) is 22.5 Å². The molecule has 2 fully saturated rings. The van der Waals surface area contributed by atoms with Crippen molar-refractivity contribution in [3.05, 3.63) is 79.0 Å². The van der Waals surface area contributed by atoms with Gasteiger partial charge in [-0.25, -0.2) is 4.98 Å². The zero-order valence-electron chi connectivity index (χ0n) is 19.7. The molecule has 1 aliphatic carbocycles. The van der Waals surface area contributed by atoms with Crippen molar-refractivity contribution < 1.29 is 4.79 Å². The van der Waals surface area contributed by atoms with E-state index in [-0.39, 0.29) is 0 Å². The van der Waals surface area contributed by atoms with Crippen molar-refractivity contribution in [3.63, 3.8) is 0 Å². The molecular formula is C30H28N4O. The Kier molecular flexibility index (Phi) is 4.76.